The molecule has 202 valence electrons. The van der Waals surface area contributed by atoms with Crippen molar-refractivity contribution >= 4 is 34.4 Å². The van der Waals surface area contributed by atoms with Gasteiger partial charge in [-0.2, -0.15) is 0 Å². The summed E-state index contributed by atoms with van der Waals surface area (Å²) in [5.74, 6) is 0.645. The molecule has 2 aliphatic rings. The number of para-hydroxylation sites is 1. The van der Waals surface area contributed by atoms with Gasteiger partial charge >= 0.3 is 0 Å². The third-order valence-electron chi connectivity index (χ3n) is 7.70. The van der Waals surface area contributed by atoms with Crippen LogP contribution < -0.4 is 10.6 Å². The highest BCUT2D eigenvalue weighted by Crippen LogP contribution is 2.33. The molecule has 3 N–H and O–H groups in total. The molecular weight excluding hydrogens is 498 g/mol. The van der Waals surface area contributed by atoms with Gasteiger partial charge in [0.15, 0.2) is 0 Å². The van der Waals surface area contributed by atoms with E-state index in [4.69, 9.17) is 16.6 Å². The van der Waals surface area contributed by atoms with E-state index in [0.717, 1.165) is 67.5 Å². The van der Waals surface area contributed by atoms with Gasteiger partial charge in [0.05, 0.1) is 16.9 Å². The molecule has 3 heterocycles. The predicted octanol–water partition coefficient (Wildman–Crippen LogP) is 4.70. The van der Waals surface area contributed by atoms with E-state index in [9.17, 15) is 4.79 Å². The number of carbonyl (C=O) groups is 1. The van der Waals surface area contributed by atoms with Gasteiger partial charge in [0.2, 0.25) is 11.9 Å². The van der Waals surface area contributed by atoms with Gasteiger partial charge < -0.3 is 25.4 Å². The number of amides is 1. The van der Waals surface area contributed by atoms with Crippen LogP contribution in [0.25, 0.3) is 22.2 Å². The summed E-state index contributed by atoms with van der Waals surface area (Å²) in [6.07, 6.45) is 13.8. The molecule has 5 rings (SSSR count). The first kappa shape index (κ1) is 26.7. The minimum atomic E-state index is 0.0159. The Balaban J connectivity index is 1.16. The van der Waals surface area contributed by atoms with Crippen LogP contribution in [-0.4, -0.2) is 82.5 Å². The number of nitrogens with zero attached hydrogens (tertiary/aromatic N) is 4. The first-order valence-electron chi connectivity index (χ1n) is 13.7. The summed E-state index contributed by atoms with van der Waals surface area (Å²) in [6, 6.07) is 9.29. The predicted molar refractivity (Wildman–Crippen MR) is 154 cm³/mol. The number of benzene rings is 1. The molecule has 2 fully saturated rings. The largest absolute Gasteiger partial charge is 0.360 e. The number of hydrogen-bond donors (Lipinski definition) is 3. The van der Waals surface area contributed by atoms with Crippen LogP contribution in [0.4, 0.5) is 5.95 Å². The Morgan fingerprint density at radius 1 is 1.18 bits per heavy atom. The first-order chi connectivity index (χ1) is 18.5. The maximum atomic E-state index is 12.2. The highest BCUT2D eigenvalue weighted by Gasteiger charge is 2.30. The molecule has 1 aliphatic heterocycles. The van der Waals surface area contributed by atoms with Crippen LogP contribution in [0.1, 0.15) is 38.5 Å². The fourth-order valence-corrected chi connectivity index (χ4v) is 5.92. The van der Waals surface area contributed by atoms with Gasteiger partial charge in [-0.3, -0.25) is 4.79 Å². The minimum Gasteiger partial charge on any atom is -0.360 e. The monoisotopic (exact) mass is 535 g/mol. The number of H-pyrrole nitrogens is 1. The quantitative estimate of drug-likeness (QED) is 0.362. The van der Waals surface area contributed by atoms with Crippen LogP contribution in [0, 0.1) is 0 Å². The number of likely N-dealkylation sites (tertiary alicyclic amines) is 1. The van der Waals surface area contributed by atoms with E-state index in [0.29, 0.717) is 23.1 Å². The van der Waals surface area contributed by atoms with E-state index in [1.807, 2.05) is 43.4 Å². The van der Waals surface area contributed by atoms with Gasteiger partial charge in [-0.25, -0.2) is 9.97 Å². The summed E-state index contributed by atoms with van der Waals surface area (Å²) in [6.45, 7) is 2.81. The highest BCUT2D eigenvalue weighted by molar-refractivity contribution is 6.33. The number of aromatic nitrogens is 3. The third kappa shape index (κ3) is 6.54. The average molecular weight is 536 g/mol. The van der Waals surface area contributed by atoms with Gasteiger partial charge in [0.1, 0.15) is 0 Å². The van der Waals surface area contributed by atoms with E-state index in [1.165, 1.54) is 12.8 Å². The van der Waals surface area contributed by atoms with Gasteiger partial charge in [0.25, 0.3) is 0 Å². The number of anilines is 1. The molecule has 1 saturated carbocycles. The first-order valence-corrected chi connectivity index (χ1v) is 14.1. The normalized spacial score (nSPS) is 21.4. The molecule has 1 aromatic carbocycles. The number of halogens is 1. The molecule has 8 nitrogen and oxygen atoms in total. The second kappa shape index (κ2) is 12.3. The smallest absolute Gasteiger partial charge is 0.243 e. The van der Waals surface area contributed by atoms with Crippen LogP contribution >= 0.6 is 11.6 Å². The van der Waals surface area contributed by atoms with E-state index in [-0.39, 0.29) is 11.9 Å². The lowest BCUT2D eigenvalue weighted by atomic mass is 9.88. The second-order valence-electron chi connectivity index (χ2n) is 10.8. The Morgan fingerprint density at radius 3 is 2.82 bits per heavy atom. The van der Waals surface area contributed by atoms with Crippen molar-refractivity contribution < 1.29 is 4.79 Å². The zero-order valence-electron chi connectivity index (χ0n) is 22.3. The lowest BCUT2D eigenvalue weighted by molar-refractivity contribution is -0.117. The van der Waals surface area contributed by atoms with Crippen molar-refractivity contribution in [3.63, 3.8) is 0 Å². The summed E-state index contributed by atoms with van der Waals surface area (Å²) >= 11 is 6.53. The molecule has 2 aromatic heterocycles. The van der Waals surface area contributed by atoms with E-state index < -0.39 is 0 Å². The number of fused-ring (bicyclic) bond motifs is 1. The Morgan fingerprint density at radius 2 is 2.00 bits per heavy atom. The van der Waals surface area contributed by atoms with E-state index in [2.05, 4.69) is 37.6 Å². The molecule has 2 atom stereocenters. The number of likely N-dealkylation sites (N-methyl/N-ethyl adjacent to an activating group) is 1. The van der Waals surface area contributed by atoms with Crippen molar-refractivity contribution in [3.8, 4) is 11.3 Å². The van der Waals surface area contributed by atoms with Crippen LogP contribution in [-0.2, 0) is 4.79 Å². The molecule has 38 heavy (non-hydrogen) atoms. The number of piperidine rings is 1. The summed E-state index contributed by atoms with van der Waals surface area (Å²) in [7, 11) is 3.99. The number of aromatic amines is 1. The van der Waals surface area contributed by atoms with E-state index >= 15 is 0 Å². The third-order valence-corrected chi connectivity index (χ3v) is 7.98. The maximum Gasteiger partial charge on any atom is 0.243 e. The second-order valence-corrected chi connectivity index (χ2v) is 11.2. The van der Waals surface area contributed by atoms with Gasteiger partial charge in [-0.05, 0) is 58.7 Å². The summed E-state index contributed by atoms with van der Waals surface area (Å²) < 4.78 is 0. The van der Waals surface area contributed by atoms with Gasteiger partial charge in [-0.1, -0.05) is 35.9 Å². The van der Waals surface area contributed by atoms with Crippen molar-refractivity contribution in [1.82, 2.24) is 30.1 Å². The highest BCUT2D eigenvalue weighted by atomic mass is 35.5. The van der Waals surface area contributed by atoms with Crippen LogP contribution in [0.5, 0.6) is 0 Å². The summed E-state index contributed by atoms with van der Waals surface area (Å²) in [5.41, 5.74) is 2.79. The molecule has 1 amide bonds. The Labute approximate surface area is 229 Å². The SMILES string of the molecule is CN(C)C/C=C/C(=O)NC1CCN([C@H]2CCC[C@@H](Nc3ncc(Cl)c(-c4c[nH]c5ccccc45)n3)C2)CC1. The van der Waals surface area contributed by atoms with Crippen molar-refractivity contribution in [1.29, 1.82) is 0 Å². The number of nitrogens with one attached hydrogen (secondary N) is 3. The van der Waals surface area contributed by atoms with Crippen LogP contribution in [0.2, 0.25) is 5.02 Å². The lowest BCUT2D eigenvalue weighted by Crippen LogP contribution is -2.50. The minimum absolute atomic E-state index is 0.0159. The molecule has 1 aliphatic carbocycles. The fraction of sp³-hybridized carbons (Fsp3) is 0.483. The molecule has 3 aromatic rings. The lowest BCUT2D eigenvalue weighted by Gasteiger charge is -2.41. The van der Waals surface area contributed by atoms with Crippen LogP contribution in [0.3, 0.4) is 0 Å². The van der Waals surface area contributed by atoms with Crippen molar-refractivity contribution in [2.45, 2.75) is 56.7 Å². The Kier molecular flexibility index (Phi) is 8.61. The van der Waals surface area contributed by atoms with Gasteiger partial charge in [0, 0.05) is 66.5 Å². The Bertz CT molecular complexity index is 1260. The summed E-state index contributed by atoms with van der Waals surface area (Å²) in [5, 5.41) is 8.43. The van der Waals surface area contributed by atoms with Gasteiger partial charge in [-0.15, -0.1) is 0 Å². The molecule has 9 heteroatoms. The molecule has 0 radical (unpaired) electrons. The van der Waals surface area contributed by atoms with Crippen molar-refractivity contribution in [2.75, 3.05) is 39.0 Å². The zero-order valence-corrected chi connectivity index (χ0v) is 23.0. The topological polar surface area (TPSA) is 89.2 Å². The molecule has 0 bridgehead atoms. The van der Waals surface area contributed by atoms with Crippen molar-refractivity contribution in [2.24, 2.45) is 0 Å². The van der Waals surface area contributed by atoms with E-state index in [1.54, 1.807) is 12.3 Å². The number of carbonyl (C=O) groups excluding carboxylic acids is 1. The Hall–Kier alpha value is -2.94. The van der Waals surface area contributed by atoms with Crippen LogP contribution in [0.15, 0.2) is 48.8 Å². The number of rotatable bonds is 8. The molecule has 0 spiro atoms. The standard InChI is InChI=1S/C29H38ClN7O/c1-36(2)14-6-11-27(38)33-20-12-15-37(16-13-20)22-8-5-7-21(17-22)34-29-32-19-25(30)28(35-29)24-18-31-26-10-4-3-9-23(24)26/h3-4,6,9-11,18-22,31H,5,7-8,12-17H2,1-2H3,(H,33,38)(H,32,34,35)/b11-6+/t21-,22+/m1/s1. The zero-order chi connectivity index (χ0) is 26.5. The average Bonchev–Trinajstić information content (AvgIpc) is 3.34. The molecular formula is C29H38ClN7O. The van der Waals surface area contributed by atoms with Crippen molar-refractivity contribution in [3.05, 3.63) is 53.8 Å². The molecule has 1 saturated heterocycles. The summed E-state index contributed by atoms with van der Waals surface area (Å²) in [4.78, 5) is 29.5. The maximum absolute atomic E-state index is 12.2. The fourth-order valence-electron chi connectivity index (χ4n) is 5.73. The molecule has 0 unspecified atom stereocenters. The number of hydrogen-bond acceptors (Lipinski definition) is 6.